The maximum absolute atomic E-state index is 11.1. The van der Waals surface area contributed by atoms with E-state index in [0.29, 0.717) is 47.0 Å². The monoisotopic (exact) mass is 721 g/mol. The Morgan fingerprint density at radius 3 is 2.31 bits per heavy atom. The zero-order chi connectivity index (χ0) is 36.2. The number of aliphatic hydroxyl groups is 6. The molecule has 7 N–H and O–H groups in total. The lowest BCUT2D eigenvalue weighted by molar-refractivity contribution is -0.360. The fourth-order valence-corrected chi connectivity index (χ4v) is 12.7. The second-order valence-electron chi connectivity index (χ2n) is 18.4. The zero-order valence-corrected chi connectivity index (χ0v) is 31.0. The smallest absolute Gasteiger partial charge is 0.187 e. The fraction of sp³-hybridized carbons (Fsp3) is 0.949. The van der Waals surface area contributed by atoms with Gasteiger partial charge in [0.2, 0.25) is 0 Å². The standard InChI is InChI=1S/C39H63NO11/c1-18-8-13-39(40-16-18)19(2)28-26(51-39)15-25-23-7-6-21-14-22(9-11-37(21,4)24(23)10-12-38(25,28)5)48-36-33(46)31(44)34(27(17-41)49-36)50-35-32(45)30(43)29(42)20(3)47-35/h6,18-20,22-36,40-46H,7-17H2,1-5H3/t18-,19+,20+,22+,23+,24+,25+,26+,27-,28+,29+,30-,31-,32-,33-,34-,35+,36-,37+,38+,39-/m1/s1. The van der Waals surface area contributed by atoms with E-state index in [1.807, 2.05) is 0 Å². The highest BCUT2D eigenvalue weighted by Crippen LogP contribution is 2.70. The van der Waals surface area contributed by atoms with E-state index in [-0.39, 0.29) is 17.2 Å². The molecule has 0 unspecified atom stereocenters. The van der Waals surface area contributed by atoms with E-state index in [9.17, 15) is 30.6 Å². The van der Waals surface area contributed by atoms with E-state index in [1.165, 1.54) is 38.2 Å². The summed E-state index contributed by atoms with van der Waals surface area (Å²) in [5.41, 5.74) is 1.66. The van der Waals surface area contributed by atoms with Gasteiger partial charge in [-0.05, 0) is 105 Å². The molecule has 4 aliphatic heterocycles. The number of nitrogens with one attached hydrogen (secondary N) is 1. The quantitative estimate of drug-likeness (QED) is 0.206. The average molecular weight is 722 g/mol. The second kappa shape index (κ2) is 13.5. The summed E-state index contributed by atoms with van der Waals surface area (Å²) in [6.07, 6.45) is -1.11. The summed E-state index contributed by atoms with van der Waals surface area (Å²) in [5, 5.41) is 67.0. The fourth-order valence-electron chi connectivity index (χ4n) is 12.7. The molecule has 0 radical (unpaired) electrons. The summed E-state index contributed by atoms with van der Waals surface area (Å²) in [7, 11) is 0. The maximum atomic E-state index is 11.1. The molecule has 290 valence electrons. The van der Waals surface area contributed by atoms with Gasteiger partial charge in [0.1, 0.15) is 48.5 Å². The van der Waals surface area contributed by atoms with Crippen molar-refractivity contribution in [1.29, 1.82) is 0 Å². The van der Waals surface area contributed by atoms with Gasteiger partial charge in [-0.2, -0.15) is 0 Å². The summed E-state index contributed by atoms with van der Waals surface area (Å²) in [5.74, 6) is 3.74. The van der Waals surface area contributed by atoms with Crippen molar-refractivity contribution >= 4 is 0 Å². The Hall–Kier alpha value is -0.740. The molecule has 4 heterocycles. The predicted molar refractivity (Wildman–Crippen MR) is 184 cm³/mol. The first-order chi connectivity index (χ1) is 24.2. The van der Waals surface area contributed by atoms with Gasteiger partial charge < -0.3 is 54.3 Å². The van der Waals surface area contributed by atoms with Gasteiger partial charge in [-0.15, -0.1) is 0 Å². The number of hydrogen-bond donors (Lipinski definition) is 7. The van der Waals surface area contributed by atoms with Crippen molar-refractivity contribution in [3.8, 4) is 0 Å². The van der Waals surface area contributed by atoms with Crippen LogP contribution in [0.5, 0.6) is 0 Å². The Morgan fingerprint density at radius 2 is 1.59 bits per heavy atom. The topological polar surface area (TPSA) is 180 Å². The van der Waals surface area contributed by atoms with Crippen molar-refractivity contribution < 1.29 is 54.3 Å². The summed E-state index contributed by atoms with van der Waals surface area (Å²) >= 11 is 0. The van der Waals surface area contributed by atoms with Gasteiger partial charge in [-0.1, -0.05) is 39.3 Å². The van der Waals surface area contributed by atoms with E-state index in [0.717, 1.165) is 38.6 Å². The van der Waals surface area contributed by atoms with E-state index in [4.69, 9.17) is 23.7 Å². The molecule has 1 spiro atoms. The van der Waals surface area contributed by atoms with Crippen molar-refractivity contribution in [2.75, 3.05) is 13.2 Å². The van der Waals surface area contributed by atoms with E-state index < -0.39 is 68.0 Å². The van der Waals surface area contributed by atoms with Crippen molar-refractivity contribution in [3.05, 3.63) is 11.6 Å². The van der Waals surface area contributed by atoms with Crippen LogP contribution in [0.1, 0.15) is 92.4 Å². The van der Waals surface area contributed by atoms with E-state index in [2.05, 4.69) is 39.1 Å². The Bertz CT molecular complexity index is 1310. The zero-order valence-electron chi connectivity index (χ0n) is 31.0. The van der Waals surface area contributed by atoms with E-state index in [1.54, 1.807) is 0 Å². The van der Waals surface area contributed by atoms with Gasteiger partial charge in [0.15, 0.2) is 12.6 Å². The molecule has 8 aliphatic rings. The van der Waals surface area contributed by atoms with Crippen molar-refractivity contribution in [1.82, 2.24) is 5.32 Å². The van der Waals surface area contributed by atoms with Crippen LogP contribution in [0.15, 0.2) is 11.6 Å². The summed E-state index contributed by atoms with van der Waals surface area (Å²) in [6.45, 7) is 11.9. The highest BCUT2D eigenvalue weighted by Gasteiger charge is 2.68. The van der Waals surface area contributed by atoms with E-state index >= 15 is 0 Å². The van der Waals surface area contributed by atoms with Gasteiger partial charge in [0.05, 0.1) is 24.9 Å². The van der Waals surface area contributed by atoms with Crippen LogP contribution in [0.25, 0.3) is 0 Å². The molecule has 0 aromatic rings. The molecular formula is C39H63NO11. The highest BCUT2D eigenvalue weighted by atomic mass is 16.7. The van der Waals surface area contributed by atoms with Gasteiger partial charge in [-0.25, -0.2) is 0 Å². The summed E-state index contributed by atoms with van der Waals surface area (Å²) in [6, 6.07) is 0. The average Bonchev–Trinajstić information content (AvgIpc) is 3.56. The minimum atomic E-state index is -1.60. The maximum Gasteiger partial charge on any atom is 0.187 e. The third kappa shape index (κ3) is 5.84. The molecule has 4 saturated heterocycles. The molecule has 0 bridgehead atoms. The molecule has 0 amide bonds. The Labute approximate surface area is 302 Å². The van der Waals surface area contributed by atoms with Crippen LogP contribution in [0.2, 0.25) is 0 Å². The molecule has 0 aromatic carbocycles. The predicted octanol–water partition coefficient (Wildman–Crippen LogP) is 1.96. The number of allylic oxidation sites excluding steroid dienone is 1. The SMILES string of the molecule is C[C@@H]1CC[C@@]2(NC1)O[C@H]1C[C@H]3[C@H]4CC=C5C[C@@H](O[C@@H]6O[C@H](CO)[C@@H](O[C@@H]7O[C@@H](C)[C@H](O)[C@@H](O)[C@H]7O)[C@H](O)[C@H]6O)CC[C@]5(C)[C@H]4CC[C@]3(C)[C@H]1[C@@H]2C. The van der Waals surface area contributed by atoms with Gasteiger partial charge in [0.25, 0.3) is 0 Å². The van der Waals surface area contributed by atoms with Crippen molar-refractivity contribution in [2.45, 2.75) is 172 Å². The molecular weight excluding hydrogens is 658 g/mol. The molecule has 51 heavy (non-hydrogen) atoms. The van der Waals surface area contributed by atoms with Crippen LogP contribution in [-0.4, -0.2) is 123 Å². The molecule has 4 aliphatic carbocycles. The largest absolute Gasteiger partial charge is 0.394 e. The van der Waals surface area contributed by atoms with Gasteiger partial charge in [-0.3, -0.25) is 5.32 Å². The minimum Gasteiger partial charge on any atom is -0.394 e. The van der Waals surface area contributed by atoms with Crippen LogP contribution in [0.3, 0.4) is 0 Å². The number of fused-ring (bicyclic) bond motifs is 7. The first-order valence-corrected chi connectivity index (χ1v) is 20.0. The molecule has 3 saturated carbocycles. The molecule has 12 heteroatoms. The molecule has 21 atom stereocenters. The second-order valence-corrected chi connectivity index (χ2v) is 18.4. The van der Waals surface area contributed by atoms with Crippen LogP contribution >= 0.6 is 0 Å². The Balaban J connectivity index is 0.915. The number of ether oxygens (including phenoxy) is 5. The van der Waals surface area contributed by atoms with Gasteiger partial charge >= 0.3 is 0 Å². The lowest BCUT2D eigenvalue weighted by Gasteiger charge is -2.59. The lowest BCUT2D eigenvalue weighted by atomic mass is 9.47. The van der Waals surface area contributed by atoms with Gasteiger partial charge in [0, 0.05) is 12.5 Å². The number of hydrogen-bond acceptors (Lipinski definition) is 12. The summed E-state index contributed by atoms with van der Waals surface area (Å²) < 4.78 is 30.7. The van der Waals surface area contributed by atoms with Crippen LogP contribution in [0.4, 0.5) is 0 Å². The molecule has 0 aromatic heterocycles. The number of aliphatic hydroxyl groups excluding tert-OH is 6. The molecule has 12 nitrogen and oxygen atoms in total. The molecule has 8 rings (SSSR count). The Morgan fingerprint density at radius 1 is 0.843 bits per heavy atom. The van der Waals surface area contributed by atoms with Crippen LogP contribution < -0.4 is 5.32 Å². The first-order valence-electron chi connectivity index (χ1n) is 20.0. The molecule has 7 fully saturated rings. The normalized spacial score (nSPS) is 58.4. The third-order valence-electron chi connectivity index (χ3n) is 15.8. The minimum absolute atomic E-state index is 0.0881. The summed E-state index contributed by atoms with van der Waals surface area (Å²) in [4.78, 5) is 0. The van der Waals surface area contributed by atoms with Crippen LogP contribution in [0, 0.1) is 46.3 Å². The van der Waals surface area contributed by atoms with Crippen molar-refractivity contribution in [2.24, 2.45) is 46.3 Å². The highest BCUT2D eigenvalue weighted by molar-refractivity contribution is 5.26. The van der Waals surface area contributed by atoms with Crippen molar-refractivity contribution in [3.63, 3.8) is 0 Å². The van der Waals surface area contributed by atoms with Crippen LogP contribution in [-0.2, 0) is 23.7 Å². The Kier molecular flexibility index (Phi) is 9.83. The number of rotatable bonds is 5. The number of piperidine rings is 1. The lowest BCUT2D eigenvalue weighted by Crippen LogP contribution is -2.64. The third-order valence-corrected chi connectivity index (χ3v) is 15.8. The first kappa shape index (κ1) is 37.2.